The first-order valence-electron chi connectivity index (χ1n) is 5.85. The van der Waals surface area contributed by atoms with Crippen molar-refractivity contribution in [3.8, 4) is 0 Å². The minimum absolute atomic E-state index is 0.486. The van der Waals surface area contributed by atoms with Crippen molar-refractivity contribution in [1.29, 1.82) is 0 Å². The highest BCUT2D eigenvalue weighted by molar-refractivity contribution is 9.10. The van der Waals surface area contributed by atoms with Gasteiger partial charge in [-0.3, -0.25) is 0 Å². The van der Waals surface area contributed by atoms with Gasteiger partial charge < -0.3 is 4.57 Å². The summed E-state index contributed by atoms with van der Waals surface area (Å²) in [4.78, 5) is 4.79. The summed E-state index contributed by atoms with van der Waals surface area (Å²) in [6.07, 6.45) is 2.61. The summed E-state index contributed by atoms with van der Waals surface area (Å²) in [6.45, 7) is 4.43. The average molecular weight is 279 g/mol. The topological polar surface area (TPSA) is 17.8 Å². The molecule has 1 saturated carbocycles. The summed E-state index contributed by atoms with van der Waals surface area (Å²) in [6, 6.07) is 7.03. The number of rotatable bonds is 2. The van der Waals surface area contributed by atoms with Gasteiger partial charge in [0.2, 0.25) is 0 Å². The zero-order valence-corrected chi connectivity index (χ0v) is 11.2. The van der Waals surface area contributed by atoms with Crippen LogP contribution in [0, 0.1) is 0 Å². The third kappa shape index (κ3) is 1.49. The zero-order chi connectivity index (χ0) is 11.3. The number of aromatic nitrogens is 2. The third-order valence-electron chi connectivity index (χ3n) is 3.13. The molecule has 1 heterocycles. The Kier molecular flexibility index (Phi) is 2.32. The first-order valence-corrected chi connectivity index (χ1v) is 6.64. The molecule has 0 aliphatic heterocycles. The minimum Gasteiger partial charge on any atom is -0.325 e. The Labute approximate surface area is 104 Å². The molecule has 1 aromatic carbocycles. The van der Waals surface area contributed by atoms with Crippen molar-refractivity contribution in [2.45, 2.75) is 38.6 Å². The molecule has 1 fully saturated rings. The van der Waals surface area contributed by atoms with Gasteiger partial charge in [0, 0.05) is 16.4 Å². The summed E-state index contributed by atoms with van der Waals surface area (Å²) in [5.74, 6) is 1.71. The van der Waals surface area contributed by atoms with Crippen molar-refractivity contribution < 1.29 is 0 Å². The highest BCUT2D eigenvalue weighted by Gasteiger charge is 2.29. The number of halogens is 1. The van der Waals surface area contributed by atoms with E-state index in [9.17, 15) is 0 Å². The molecule has 1 aromatic heterocycles. The quantitative estimate of drug-likeness (QED) is 0.803. The van der Waals surface area contributed by atoms with Crippen molar-refractivity contribution in [3.63, 3.8) is 0 Å². The third-order valence-corrected chi connectivity index (χ3v) is 3.77. The van der Waals surface area contributed by atoms with Gasteiger partial charge in [-0.05, 0) is 40.9 Å². The molecule has 0 saturated heterocycles. The second-order valence-electron chi connectivity index (χ2n) is 4.83. The maximum Gasteiger partial charge on any atom is 0.112 e. The molecule has 0 unspecified atom stereocenters. The molecule has 0 radical (unpaired) electrons. The van der Waals surface area contributed by atoms with Crippen LogP contribution in [0.2, 0.25) is 0 Å². The Morgan fingerprint density at radius 1 is 1.38 bits per heavy atom. The molecule has 0 spiro atoms. The first-order chi connectivity index (χ1) is 7.68. The van der Waals surface area contributed by atoms with E-state index in [4.69, 9.17) is 4.98 Å². The highest BCUT2D eigenvalue weighted by Crippen LogP contribution is 2.41. The number of hydrogen-bond acceptors (Lipinski definition) is 1. The van der Waals surface area contributed by atoms with Gasteiger partial charge >= 0.3 is 0 Å². The van der Waals surface area contributed by atoms with Crippen molar-refractivity contribution in [2.75, 3.05) is 0 Å². The van der Waals surface area contributed by atoms with Crippen LogP contribution in [-0.4, -0.2) is 9.55 Å². The highest BCUT2D eigenvalue weighted by atomic mass is 79.9. The van der Waals surface area contributed by atoms with E-state index in [1.807, 2.05) is 0 Å². The fraction of sp³-hybridized carbons (Fsp3) is 0.462. The molecule has 0 bridgehead atoms. The molecular formula is C13H15BrN2. The molecule has 2 aromatic rings. The van der Waals surface area contributed by atoms with Crippen molar-refractivity contribution in [2.24, 2.45) is 0 Å². The molecule has 0 atom stereocenters. The van der Waals surface area contributed by atoms with Gasteiger partial charge in [0.15, 0.2) is 0 Å². The van der Waals surface area contributed by atoms with Gasteiger partial charge in [-0.25, -0.2) is 4.98 Å². The normalized spacial score (nSPS) is 16.2. The second-order valence-corrected chi connectivity index (χ2v) is 5.69. The van der Waals surface area contributed by atoms with Crippen LogP contribution in [0.25, 0.3) is 11.0 Å². The Bertz CT molecular complexity index is 538. The number of para-hydroxylation sites is 1. The van der Waals surface area contributed by atoms with Gasteiger partial charge in [-0.15, -0.1) is 0 Å². The number of benzene rings is 1. The lowest BCUT2D eigenvalue weighted by Crippen LogP contribution is -2.02. The van der Waals surface area contributed by atoms with Crippen molar-refractivity contribution in [1.82, 2.24) is 9.55 Å². The van der Waals surface area contributed by atoms with E-state index >= 15 is 0 Å². The molecular weight excluding hydrogens is 264 g/mol. The van der Waals surface area contributed by atoms with E-state index in [0.717, 1.165) is 9.99 Å². The van der Waals surface area contributed by atoms with Gasteiger partial charge in [0.25, 0.3) is 0 Å². The predicted octanol–water partition coefficient (Wildman–Crippen LogP) is 4.26. The van der Waals surface area contributed by atoms with Crippen LogP contribution in [0.3, 0.4) is 0 Å². The Balaban J connectivity index is 2.32. The van der Waals surface area contributed by atoms with E-state index in [1.54, 1.807) is 0 Å². The van der Waals surface area contributed by atoms with E-state index in [1.165, 1.54) is 24.2 Å². The molecule has 3 rings (SSSR count). The molecule has 3 heteroatoms. The minimum atomic E-state index is 0.486. The van der Waals surface area contributed by atoms with Crippen LogP contribution in [-0.2, 0) is 0 Å². The van der Waals surface area contributed by atoms with E-state index in [-0.39, 0.29) is 0 Å². The summed E-state index contributed by atoms with van der Waals surface area (Å²) >= 11 is 3.59. The van der Waals surface area contributed by atoms with Crippen LogP contribution in [0.15, 0.2) is 22.7 Å². The van der Waals surface area contributed by atoms with Gasteiger partial charge in [-0.2, -0.15) is 0 Å². The van der Waals surface area contributed by atoms with Crippen molar-refractivity contribution >= 4 is 27.0 Å². The largest absolute Gasteiger partial charge is 0.325 e. The Hall–Kier alpha value is -0.830. The molecule has 2 nitrogen and oxygen atoms in total. The van der Waals surface area contributed by atoms with Crippen LogP contribution in [0.1, 0.15) is 44.5 Å². The number of nitrogens with zero attached hydrogens (tertiary/aromatic N) is 2. The second kappa shape index (κ2) is 3.59. The molecule has 1 aliphatic carbocycles. The number of hydrogen-bond donors (Lipinski definition) is 0. The Morgan fingerprint density at radius 2 is 2.12 bits per heavy atom. The summed E-state index contributed by atoms with van der Waals surface area (Å²) in [5.41, 5.74) is 2.39. The van der Waals surface area contributed by atoms with Crippen LogP contribution in [0.5, 0.6) is 0 Å². The number of fused-ring (bicyclic) bond motifs is 1. The van der Waals surface area contributed by atoms with E-state index in [2.05, 4.69) is 52.5 Å². The summed E-state index contributed by atoms with van der Waals surface area (Å²) in [5, 5.41) is 0. The van der Waals surface area contributed by atoms with E-state index < -0.39 is 0 Å². The number of imidazole rings is 1. The molecule has 0 N–H and O–H groups in total. The lowest BCUT2D eigenvalue weighted by Gasteiger charge is -2.09. The lowest BCUT2D eigenvalue weighted by molar-refractivity contribution is 0.654. The van der Waals surface area contributed by atoms with Crippen LogP contribution < -0.4 is 0 Å². The Morgan fingerprint density at radius 3 is 2.75 bits per heavy atom. The maximum atomic E-state index is 4.79. The van der Waals surface area contributed by atoms with Crippen LogP contribution >= 0.6 is 15.9 Å². The summed E-state index contributed by atoms with van der Waals surface area (Å²) < 4.78 is 3.54. The molecule has 16 heavy (non-hydrogen) atoms. The predicted molar refractivity (Wildman–Crippen MR) is 69.8 cm³/mol. The van der Waals surface area contributed by atoms with Gasteiger partial charge in [-0.1, -0.05) is 19.9 Å². The smallest absolute Gasteiger partial charge is 0.112 e. The standard InChI is InChI=1S/C13H15BrN2/c1-8(2)13-15-12-10(14)4-3-5-11(12)16(13)9-6-7-9/h3-5,8-9H,6-7H2,1-2H3. The van der Waals surface area contributed by atoms with Crippen molar-refractivity contribution in [3.05, 3.63) is 28.5 Å². The molecule has 84 valence electrons. The van der Waals surface area contributed by atoms with Gasteiger partial charge in [0.1, 0.15) is 11.3 Å². The molecule has 1 aliphatic rings. The van der Waals surface area contributed by atoms with Gasteiger partial charge in [0.05, 0.1) is 5.52 Å². The maximum absolute atomic E-state index is 4.79. The fourth-order valence-electron chi connectivity index (χ4n) is 2.22. The lowest BCUT2D eigenvalue weighted by atomic mass is 10.2. The average Bonchev–Trinajstić information content (AvgIpc) is 2.99. The fourth-order valence-corrected chi connectivity index (χ4v) is 2.67. The van der Waals surface area contributed by atoms with E-state index in [0.29, 0.717) is 12.0 Å². The summed E-state index contributed by atoms with van der Waals surface area (Å²) in [7, 11) is 0. The first kappa shape index (κ1) is 10.3. The molecule has 0 amide bonds. The van der Waals surface area contributed by atoms with Crippen LogP contribution in [0.4, 0.5) is 0 Å². The zero-order valence-electron chi connectivity index (χ0n) is 9.57. The SMILES string of the molecule is CC(C)c1nc2c(Br)cccc2n1C1CC1. The monoisotopic (exact) mass is 278 g/mol.